The number of aromatic nitrogens is 3. The number of amides is 3. The Morgan fingerprint density at radius 1 is 1.30 bits per heavy atom. The Morgan fingerprint density at radius 2 is 2.11 bits per heavy atom. The minimum Gasteiger partial charge on any atom is -0.366 e. The van der Waals surface area contributed by atoms with Gasteiger partial charge in [0.2, 0.25) is 0 Å². The van der Waals surface area contributed by atoms with Gasteiger partial charge in [0.05, 0.1) is 17.6 Å². The number of hydrogen-bond acceptors (Lipinski definition) is 6. The summed E-state index contributed by atoms with van der Waals surface area (Å²) < 4.78 is 0. The number of carbonyl (C=O) groups excluding carboxylic acids is 2. The number of nitrogens with two attached hydrogens (primary N) is 1. The van der Waals surface area contributed by atoms with E-state index in [0.717, 1.165) is 55.7 Å². The smallest absolute Gasteiger partial charge is 0.317 e. The van der Waals surface area contributed by atoms with E-state index in [-0.39, 0.29) is 12.1 Å². The summed E-state index contributed by atoms with van der Waals surface area (Å²) in [6.45, 7) is 7.17. The van der Waals surface area contributed by atoms with E-state index in [1.54, 1.807) is 30.1 Å². The van der Waals surface area contributed by atoms with Crippen LogP contribution in [0.2, 0.25) is 0 Å². The fraction of sp³-hybridized carbons (Fsp3) is 0.481. The second-order valence-corrected chi connectivity index (χ2v) is 10.6. The summed E-state index contributed by atoms with van der Waals surface area (Å²) in [5.74, 6) is -0.414. The molecule has 1 aliphatic rings. The van der Waals surface area contributed by atoms with Gasteiger partial charge in [0.1, 0.15) is 0 Å². The molecular weight excluding hydrogens is 486 g/mol. The van der Waals surface area contributed by atoms with Crippen LogP contribution >= 0.6 is 11.3 Å². The van der Waals surface area contributed by atoms with Crippen LogP contribution in [0.4, 0.5) is 4.79 Å². The lowest BCUT2D eigenvalue weighted by molar-refractivity contribution is 0.0944. The Kier molecular flexibility index (Phi) is 9.29. The molecule has 0 saturated carbocycles. The second kappa shape index (κ2) is 12.8. The van der Waals surface area contributed by atoms with Crippen LogP contribution in [0.3, 0.4) is 0 Å². The number of rotatable bonds is 11. The molecule has 0 aliphatic carbocycles. The summed E-state index contributed by atoms with van der Waals surface area (Å²) in [5, 5.41) is 7.28. The second-order valence-electron chi connectivity index (χ2n) is 9.79. The van der Waals surface area contributed by atoms with Gasteiger partial charge in [-0.25, -0.2) is 9.78 Å². The molecule has 1 aliphatic heterocycles. The van der Waals surface area contributed by atoms with Gasteiger partial charge in [0.15, 0.2) is 0 Å². The number of nitrogens with zero attached hydrogens (tertiary/aromatic N) is 4. The highest BCUT2D eigenvalue weighted by atomic mass is 32.1. The van der Waals surface area contributed by atoms with Gasteiger partial charge in [-0.15, -0.1) is 0 Å². The van der Waals surface area contributed by atoms with Gasteiger partial charge < -0.3 is 25.8 Å². The Bertz CT molecular complexity index is 1140. The number of thiophene rings is 1. The van der Waals surface area contributed by atoms with E-state index in [1.807, 2.05) is 17.9 Å². The lowest BCUT2D eigenvalue weighted by Crippen LogP contribution is -2.51. The predicted molar refractivity (Wildman–Crippen MR) is 145 cm³/mol. The van der Waals surface area contributed by atoms with Crippen LogP contribution < -0.4 is 11.1 Å². The predicted octanol–water partition coefficient (Wildman–Crippen LogP) is 3.51. The third kappa shape index (κ3) is 7.17. The molecule has 4 rings (SSSR count). The molecule has 4 heterocycles. The van der Waals surface area contributed by atoms with Crippen molar-refractivity contribution in [3.05, 3.63) is 69.7 Å². The summed E-state index contributed by atoms with van der Waals surface area (Å²) in [6.07, 6.45) is 9.38. The number of urea groups is 1. The average Bonchev–Trinajstić information content (AvgIpc) is 3.60. The molecule has 37 heavy (non-hydrogen) atoms. The molecule has 1 saturated heterocycles. The molecule has 1 atom stereocenters. The van der Waals surface area contributed by atoms with Crippen LogP contribution in [-0.4, -0.2) is 68.4 Å². The fourth-order valence-electron chi connectivity index (χ4n) is 5.08. The van der Waals surface area contributed by atoms with Crippen molar-refractivity contribution in [1.82, 2.24) is 30.1 Å². The van der Waals surface area contributed by atoms with Gasteiger partial charge in [0.25, 0.3) is 5.91 Å². The van der Waals surface area contributed by atoms with Gasteiger partial charge in [-0.1, -0.05) is 0 Å². The Morgan fingerprint density at radius 3 is 2.78 bits per heavy atom. The molecule has 0 spiro atoms. The number of pyridine rings is 1. The molecule has 0 bridgehead atoms. The number of piperidine rings is 1. The maximum atomic E-state index is 13.2. The van der Waals surface area contributed by atoms with Crippen LogP contribution in [-0.2, 0) is 19.4 Å². The number of likely N-dealkylation sites (tertiary alicyclic amines) is 1. The molecule has 3 aromatic rings. The van der Waals surface area contributed by atoms with Gasteiger partial charge in [-0.2, -0.15) is 11.3 Å². The van der Waals surface area contributed by atoms with Crippen molar-refractivity contribution in [1.29, 1.82) is 0 Å². The topological polar surface area (TPSA) is 120 Å². The van der Waals surface area contributed by atoms with Crippen molar-refractivity contribution >= 4 is 23.3 Å². The number of H-pyrrole nitrogens is 1. The molecule has 9 nitrogen and oxygen atoms in total. The molecule has 3 amide bonds. The number of hydrogen-bond donors (Lipinski definition) is 3. The largest absolute Gasteiger partial charge is 0.366 e. The summed E-state index contributed by atoms with van der Waals surface area (Å²) in [7, 11) is 0. The van der Waals surface area contributed by atoms with Gasteiger partial charge in [-0.05, 0) is 73.6 Å². The zero-order valence-electron chi connectivity index (χ0n) is 21.7. The highest BCUT2D eigenvalue weighted by Gasteiger charge is 2.30. The average molecular weight is 524 g/mol. The van der Waals surface area contributed by atoms with Crippen molar-refractivity contribution in [3.63, 3.8) is 0 Å². The Labute approximate surface area is 222 Å². The minimum atomic E-state index is -0.414. The number of aromatic amines is 1. The maximum absolute atomic E-state index is 13.2. The lowest BCUT2D eigenvalue weighted by atomic mass is 9.98. The summed E-state index contributed by atoms with van der Waals surface area (Å²) in [4.78, 5) is 41.2. The SMILES string of the molecule is Cc1ccnc(CC[C@@H](C)N2CCC(N(Cc3ccsc3)C(=O)NCCc3cnc[nH]3)CC2)c1C(N)=O. The molecule has 3 aromatic heterocycles. The van der Waals surface area contributed by atoms with Crippen LogP contribution in [0.5, 0.6) is 0 Å². The molecular formula is C27H37N7O2S. The van der Waals surface area contributed by atoms with Crippen molar-refractivity contribution in [2.24, 2.45) is 5.73 Å². The minimum absolute atomic E-state index is 0.0123. The van der Waals surface area contributed by atoms with Crippen LogP contribution in [0.25, 0.3) is 0 Å². The number of aryl methyl sites for hydroxylation is 2. The molecule has 0 radical (unpaired) electrons. The monoisotopic (exact) mass is 523 g/mol. The van der Waals surface area contributed by atoms with Gasteiger partial charge in [-0.3, -0.25) is 9.78 Å². The molecule has 4 N–H and O–H groups in total. The highest BCUT2D eigenvalue weighted by molar-refractivity contribution is 7.07. The van der Waals surface area contributed by atoms with E-state index in [0.29, 0.717) is 31.1 Å². The molecule has 0 aromatic carbocycles. The van der Waals surface area contributed by atoms with Crippen LogP contribution in [0, 0.1) is 6.92 Å². The van der Waals surface area contributed by atoms with E-state index in [4.69, 9.17) is 5.73 Å². The molecule has 1 fully saturated rings. The number of carbonyl (C=O) groups is 2. The van der Waals surface area contributed by atoms with E-state index in [1.165, 1.54) is 5.56 Å². The molecule has 0 unspecified atom stereocenters. The van der Waals surface area contributed by atoms with Crippen molar-refractivity contribution in [2.45, 2.75) is 64.6 Å². The fourth-order valence-corrected chi connectivity index (χ4v) is 5.74. The van der Waals surface area contributed by atoms with Crippen molar-refractivity contribution < 1.29 is 9.59 Å². The number of imidazole rings is 1. The highest BCUT2D eigenvalue weighted by Crippen LogP contribution is 2.23. The van der Waals surface area contributed by atoms with Gasteiger partial charge >= 0.3 is 6.03 Å². The van der Waals surface area contributed by atoms with Crippen molar-refractivity contribution in [3.8, 4) is 0 Å². The number of primary amides is 1. The molecule has 10 heteroatoms. The zero-order valence-corrected chi connectivity index (χ0v) is 22.5. The van der Waals surface area contributed by atoms with Gasteiger partial charge in [0, 0.05) is 62.8 Å². The first-order valence-electron chi connectivity index (χ1n) is 12.9. The van der Waals surface area contributed by atoms with Crippen molar-refractivity contribution in [2.75, 3.05) is 19.6 Å². The van der Waals surface area contributed by atoms with E-state index in [2.05, 4.69) is 48.9 Å². The Hall–Kier alpha value is -3.24. The number of nitrogens with one attached hydrogen (secondary N) is 2. The maximum Gasteiger partial charge on any atom is 0.317 e. The standard InChI is InChI=1S/C27H37N7O2S/c1-19-5-10-30-24(25(19)26(28)35)4-3-20(2)33-12-7-23(8-13-33)34(16-21-9-14-37-17-21)27(36)31-11-6-22-15-29-18-32-22/h5,9-10,14-15,17-18,20,23H,3-4,6-8,11-13,16H2,1-2H3,(H2,28,35)(H,29,32)(H,31,36)/t20-/m1/s1. The first-order chi connectivity index (χ1) is 17.9. The zero-order chi connectivity index (χ0) is 26.2. The lowest BCUT2D eigenvalue weighted by Gasteiger charge is -2.40. The van der Waals surface area contributed by atoms with E-state index >= 15 is 0 Å². The quantitative estimate of drug-likeness (QED) is 0.355. The first-order valence-corrected chi connectivity index (χ1v) is 13.9. The summed E-state index contributed by atoms with van der Waals surface area (Å²) in [5.41, 5.74) is 9.99. The van der Waals surface area contributed by atoms with E-state index in [9.17, 15) is 9.59 Å². The summed E-state index contributed by atoms with van der Waals surface area (Å²) >= 11 is 1.66. The van der Waals surface area contributed by atoms with Crippen LogP contribution in [0.1, 0.15) is 59.1 Å². The van der Waals surface area contributed by atoms with Crippen LogP contribution in [0.15, 0.2) is 41.6 Å². The Balaban J connectivity index is 1.31. The normalized spacial score (nSPS) is 15.4. The summed E-state index contributed by atoms with van der Waals surface area (Å²) in [6, 6.07) is 4.44. The first kappa shape index (κ1) is 26.8. The molecule has 198 valence electrons. The third-order valence-electron chi connectivity index (χ3n) is 7.27. The van der Waals surface area contributed by atoms with E-state index < -0.39 is 5.91 Å². The third-order valence-corrected chi connectivity index (χ3v) is 8.00.